The molecule has 0 spiro atoms. The highest BCUT2D eigenvalue weighted by Gasteiger charge is 2.31. The Bertz CT molecular complexity index is 573. The molecule has 112 valence electrons. The predicted molar refractivity (Wildman–Crippen MR) is 89.6 cm³/mol. The van der Waals surface area contributed by atoms with Gasteiger partial charge in [0.1, 0.15) is 0 Å². The van der Waals surface area contributed by atoms with Crippen molar-refractivity contribution in [3.8, 4) is 0 Å². The monoisotopic (exact) mass is 282 g/mol. The number of hydrogen-bond acceptors (Lipinski definition) is 1. The molecule has 1 unspecified atom stereocenters. The summed E-state index contributed by atoms with van der Waals surface area (Å²) in [6.07, 6.45) is -0.520. The van der Waals surface area contributed by atoms with Crippen molar-refractivity contribution in [2.24, 2.45) is 0 Å². The number of benzene rings is 2. The third-order valence-electron chi connectivity index (χ3n) is 4.29. The van der Waals surface area contributed by atoms with Gasteiger partial charge in [-0.05, 0) is 22.1 Å². The molecule has 1 atom stereocenters. The second-order valence-corrected chi connectivity index (χ2v) is 7.36. The molecule has 1 N–H and O–H groups in total. The van der Waals surface area contributed by atoms with Crippen molar-refractivity contribution in [1.82, 2.24) is 0 Å². The van der Waals surface area contributed by atoms with Crippen LogP contribution in [0.5, 0.6) is 0 Å². The lowest BCUT2D eigenvalue weighted by atomic mass is 9.76. The van der Waals surface area contributed by atoms with Crippen LogP contribution < -0.4 is 0 Å². The lowest BCUT2D eigenvalue weighted by molar-refractivity contribution is 0.100. The van der Waals surface area contributed by atoms with Crippen LogP contribution in [0.25, 0.3) is 0 Å². The lowest BCUT2D eigenvalue weighted by Gasteiger charge is -2.32. The largest absolute Gasteiger partial charge is 0.388 e. The Morgan fingerprint density at radius 3 is 1.71 bits per heavy atom. The molecule has 0 aliphatic carbocycles. The normalized spacial score (nSPS) is 14.0. The van der Waals surface area contributed by atoms with Crippen molar-refractivity contribution in [2.75, 3.05) is 0 Å². The highest BCUT2D eigenvalue weighted by molar-refractivity contribution is 5.33. The minimum atomic E-state index is -0.520. The zero-order valence-electron chi connectivity index (χ0n) is 13.7. The van der Waals surface area contributed by atoms with E-state index in [2.05, 4.69) is 71.0 Å². The maximum absolute atomic E-state index is 10.8. The summed E-state index contributed by atoms with van der Waals surface area (Å²) in [5.74, 6) is 0. The standard InChI is InChI=1S/C20H26O/c1-19(2,3)16-13-11-15(12-14-16)18(21)20(4,5)17-9-7-6-8-10-17/h6-14,18,21H,1-5H3. The Hall–Kier alpha value is -1.60. The molecule has 0 bridgehead atoms. The Labute approximate surface area is 128 Å². The molecule has 0 saturated carbocycles. The third kappa shape index (κ3) is 3.36. The van der Waals surface area contributed by atoms with E-state index < -0.39 is 6.10 Å². The summed E-state index contributed by atoms with van der Waals surface area (Å²) >= 11 is 0. The molecule has 2 aromatic rings. The van der Waals surface area contributed by atoms with E-state index in [1.165, 1.54) is 5.56 Å². The number of rotatable bonds is 3. The van der Waals surface area contributed by atoms with Gasteiger partial charge in [0.2, 0.25) is 0 Å². The molecule has 1 nitrogen and oxygen atoms in total. The van der Waals surface area contributed by atoms with Gasteiger partial charge in [-0.15, -0.1) is 0 Å². The van der Waals surface area contributed by atoms with Crippen LogP contribution in [0.3, 0.4) is 0 Å². The zero-order chi connectivity index (χ0) is 15.7. The molecule has 0 aromatic heterocycles. The molecule has 0 heterocycles. The van der Waals surface area contributed by atoms with E-state index in [9.17, 15) is 5.11 Å². The van der Waals surface area contributed by atoms with Crippen LogP contribution in [0.4, 0.5) is 0 Å². The molecular weight excluding hydrogens is 256 g/mol. The van der Waals surface area contributed by atoms with Gasteiger partial charge in [0.15, 0.2) is 0 Å². The third-order valence-corrected chi connectivity index (χ3v) is 4.29. The minimum Gasteiger partial charge on any atom is -0.388 e. The highest BCUT2D eigenvalue weighted by Crippen LogP contribution is 2.37. The summed E-state index contributed by atoms with van der Waals surface area (Å²) in [5, 5.41) is 10.8. The first kappa shape index (κ1) is 15.8. The van der Waals surface area contributed by atoms with Gasteiger partial charge < -0.3 is 5.11 Å². The van der Waals surface area contributed by atoms with Gasteiger partial charge in [0.25, 0.3) is 0 Å². The van der Waals surface area contributed by atoms with Crippen LogP contribution in [0.15, 0.2) is 54.6 Å². The molecule has 0 fully saturated rings. The fourth-order valence-electron chi connectivity index (χ4n) is 2.61. The van der Waals surface area contributed by atoms with Crippen LogP contribution in [0, 0.1) is 0 Å². The van der Waals surface area contributed by atoms with Gasteiger partial charge in [-0.25, -0.2) is 0 Å². The Balaban J connectivity index is 2.29. The van der Waals surface area contributed by atoms with Crippen LogP contribution in [0.2, 0.25) is 0 Å². The average Bonchev–Trinajstić information content (AvgIpc) is 2.46. The van der Waals surface area contributed by atoms with Crippen molar-refractivity contribution < 1.29 is 5.11 Å². The maximum atomic E-state index is 10.8. The van der Waals surface area contributed by atoms with E-state index in [1.807, 2.05) is 18.2 Å². The van der Waals surface area contributed by atoms with E-state index in [0.29, 0.717) is 0 Å². The molecule has 0 saturated heterocycles. The first-order valence-corrected chi connectivity index (χ1v) is 7.57. The first-order valence-electron chi connectivity index (χ1n) is 7.57. The molecule has 0 aliphatic heterocycles. The molecule has 0 aliphatic rings. The number of aliphatic hydroxyl groups excluding tert-OH is 1. The summed E-state index contributed by atoms with van der Waals surface area (Å²) in [6, 6.07) is 18.5. The van der Waals surface area contributed by atoms with Gasteiger partial charge in [-0.1, -0.05) is 89.2 Å². The molecule has 2 aromatic carbocycles. The summed E-state index contributed by atoms with van der Waals surface area (Å²) < 4.78 is 0. The lowest BCUT2D eigenvalue weighted by Crippen LogP contribution is -2.26. The molecule has 21 heavy (non-hydrogen) atoms. The fourth-order valence-corrected chi connectivity index (χ4v) is 2.61. The van der Waals surface area contributed by atoms with Crippen molar-refractivity contribution in [3.05, 3.63) is 71.3 Å². The SMILES string of the molecule is CC(C)(C)c1ccc(C(O)C(C)(C)c2ccccc2)cc1. The van der Waals surface area contributed by atoms with E-state index in [4.69, 9.17) is 0 Å². The summed E-state index contributed by atoms with van der Waals surface area (Å²) in [6.45, 7) is 10.8. The number of aliphatic hydroxyl groups is 1. The van der Waals surface area contributed by atoms with Gasteiger partial charge in [-0.3, -0.25) is 0 Å². The van der Waals surface area contributed by atoms with E-state index in [-0.39, 0.29) is 10.8 Å². The van der Waals surface area contributed by atoms with E-state index in [0.717, 1.165) is 11.1 Å². The summed E-state index contributed by atoms with van der Waals surface area (Å²) in [7, 11) is 0. The Morgan fingerprint density at radius 2 is 1.24 bits per heavy atom. The van der Waals surface area contributed by atoms with Crippen LogP contribution in [-0.2, 0) is 10.8 Å². The van der Waals surface area contributed by atoms with Crippen LogP contribution in [-0.4, -0.2) is 5.11 Å². The minimum absolute atomic E-state index is 0.137. The van der Waals surface area contributed by atoms with Crippen molar-refractivity contribution in [2.45, 2.75) is 51.6 Å². The Kier molecular flexibility index (Phi) is 4.25. The van der Waals surface area contributed by atoms with Gasteiger partial charge in [0.05, 0.1) is 6.10 Å². The van der Waals surface area contributed by atoms with Crippen molar-refractivity contribution in [1.29, 1.82) is 0 Å². The molecular formula is C20H26O. The zero-order valence-corrected chi connectivity index (χ0v) is 13.7. The predicted octanol–water partition coefficient (Wildman–Crippen LogP) is 5.00. The quantitative estimate of drug-likeness (QED) is 0.840. The van der Waals surface area contributed by atoms with Gasteiger partial charge in [-0.2, -0.15) is 0 Å². The second kappa shape index (κ2) is 5.65. The van der Waals surface area contributed by atoms with Crippen molar-refractivity contribution >= 4 is 0 Å². The van der Waals surface area contributed by atoms with Crippen LogP contribution >= 0.6 is 0 Å². The molecule has 2 rings (SSSR count). The van der Waals surface area contributed by atoms with E-state index >= 15 is 0 Å². The molecule has 0 amide bonds. The van der Waals surface area contributed by atoms with E-state index in [1.54, 1.807) is 0 Å². The molecule has 1 heteroatoms. The first-order chi connectivity index (χ1) is 9.73. The smallest absolute Gasteiger partial charge is 0.0881 e. The van der Waals surface area contributed by atoms with Gasteiger partial charge in [0, 0.05) is 5.41 Å². The average molecular weight is 282 g/mol. The van der Waals surface area contributed by atoms with Crippen molar-refractivity contribution in [3.63, 3.8) is 0 Å². The fraction of sp³-hybridized carbons (Fsp3) is 0.400. The summed E-state index contributed by atoms with van der Waals surface area (Å²) in [4.78, 5) is 0. The highest BCUT2D eigenvalue weighted by atomic mass is 16.3. The van der Waals surface area contributed by atoms with Crippen LogP contribution in [0.1, 0.15) is 57.4 Å². The Morgan fingerprint density at radius 1 is 0.714 bits per heavy atom. The second-order valence-electron chi connectivity index (χ2n) is 7.36. The topological polar surface area (TPSA) is 20.2 Å². The number of hydrogen-bond donors (Lipinski definition) is 1. The van der Waals surface area contributed by atoms with Gasteiger partial charge >= 0.3 is 0 Å². The molecule has 0 radical (unpaired) electrons. The summed E-state index contributed by atoms with van der Waals surface area (Å²) in [5.41, 5.74) is 3.23. The maximum Gasteiger partial charge on any atom is 0.0881 e.